The normalized spacial score (nSPS) is 10.3. The lowest BCUT2D eigenvalue weighted by molar-refractivity contribution is 0.315. The Morgan fingerprint density at radius 3 is 2.52 bits per heavy atom. The van der Waals surface area contributed by atoms with Crippen LogP contribution in [0.3, 0.4) is 0 Å². The first-order chi connectivity index (χ1) is 10.2. The van der Waals surface area contributed by atoms with Crippen LogP contribution >= 0.6 is 0 Å². The molecule has 0 unspecified atom stereocenters. The molecule has 112 valence electrons. The second kappa shape index (κ2) is 7.40. The molecule has 21 heavy (non-hydrogen) atoms. The van der Waals surface area contributed by atoms with Crippen LogP contribution in [0.4, 0.5) is 11.4 Å². The van der Waals surface area contributed by atoms with Gasteiger partial charge in [0.25, 0.3) is 0 Å². The Kier molecular flexibility index (Phi) is 5.29. The number of para-hydroxylation sites is 1. The molecule has 0 fully saturated rings. The van der Waals surface area contributed by atoms with E-state index in [1.807, 2.05) is 36.4 Å². The fraction of sp³-hybridized carbons (Fsp3) is 0.250. The Morgan fingerprint density at radius 1 is 1.05 bits per heavy atom. The van der Waals surface area contributed by atoms with Gasteiger partial charge >= 0.3 is 0 Å². The van der Waals surface area contributed by atoms with Gasteiger partial charge in [0.1, 0.15) is 18.1 Å². The van der Waals surface area contributed by atoms with Gasteiger partial charge in [0.15, 0.2) is 0 Å². The van der Waals surface area contributed by atoms with Gasteiger partial charge < -0.3 is 26.3 Å². The second-order valence-corrected chi connectivity index (χ2v) is 4.63. The van der Waals surface area contributed by atoms with Gasteiger partial charge in [-0.1, -0.05) is 18.2 Å². The molecule has 0 aliphatic heterocycles. The first-order valence-corrected chi connectivity index (χ1v) is 6.81. The largest absolute Gasteiger partial charge is 0.497 e. The summed E-state index contributed by atoms with van der Waals surface area (Å²) >= 11 is 0. The number of hydrogen-bond acceptors (Lipinski definition) is 5. The van der Waals surface area contributed by atoms with Gasteiger partial charge in [-0.15, -0.1) is 0 Å². The lowest BCUT2D eigenvalue weighted by Gasteiger charge is -2.11. The van der Waals surface area contributed by atoms with Crippen LogP contribution in [0.2, 0.25) is 0 Å². The number of nitrogens with two attached hydrogens (primary N) is 2. The van der Waals surface area contributed by atoms with E-state index in [1.165, 1.54) is 5.56 Å². The molecular weight excluding hydrogens is 266 g/mol. The second-order valence-electron chi connectivity index (χ2n) is 4.63. The highest BCUT2D eigenvalue weighted by Gasteiger charge is 2.02. The Labute approximate surface area is 124 Å². The summed E-state index contributed by atoms with van der Waals surface area (Å²) in [5.41, 5.74) is 13.8. The fourth-order valence-electron chi connectivity index (χ4n) is 1.90. The third-order valence-corrected chi connectivity index (χ3v) is 3.12. The Bertz CT molecular complexity index is 570. The van der Waals surface area contributed by atoms with Gasteiger partial charge in [-0.05, 0) is 29.8 Å². The van der Waals surface area contributed by atoms with Gasteiger partial charge in [0.05, 0.1) is 18.5 Å². The molecule has 0 heterocycles. The summed E-state index contributed by atoms with van der Waals surface area (Å²) in [5, 5.41) is 3.31. The van der Waals surface area contributed by atoms with E-state index >= 15 is 0 Å². The van der Waals surface area contributed by atoms with E-state index in [1.54, 1.807) is 13.2 Å². The predicted molar refractivity (Wildman–Crippen MR) is 85.5 cm³/mol. The molecule has 2 aromatic rings. The summed E-state index contributed by atoms with van der Waals surface area (Å²) in [6.45, 7) is 2.03. The average Bonchev–Trinajstić information content (AvgIpc) is 2.51. The first-order valence-electron chi connectivity index (χ1n) is 6.81. The molecule has 0 amide bonds. The van der Waals surface area contributed by atoms with Crippen molar-refractivity contribution >= 4 is 11.4 Å². The minimum atomic E-state index is 0.493. The van der Waals surface area contributed by atoms with E-state index in [-0.39, 0.29) is 0 Å². The van der Waals surface area contributed by atoms with Gasteiger partial charge in [0, 0.05) is 13.1 Å². The zero-order chi connectivity index (χ0) is 15.1. The predicted octanol–water partition coefficient (Wildman–Crippen LogP) is 2.03. The van der Waals surface area contributed by atoms with Crippen LogP contribution in [0.1, 0.15) is 5.56 Å². The Morgan fingerprint density at radius 2 is 1.81 bits per heavy atom. The molecule has 0 saturated carbocycles. The van der Waals surface area contributed by atoms with Crippen molar-refractivity contribution < 1.29 is 9.47 Å². The zero-order valence-corrected chi connectivity index (χ0v) is 12.1. The molecule has 5 nitrogen and oxygen atoms in total. The van der Waals surface area contributed by atoms with E-state index in [9.17, 15) is 0 Å². The van der Waals surface area contributed by atoms with E-state index in [2.05, 4.69) is 5.32 Å². The van der Waals surface area contributed by atoms with Crippen LogP contribution in [-0.4, -0.2) is 20.3 Å². The van der Waals surface area contributed by atoms with Gasteiger partial charge in [-0.2, -0.15) is 0 Å². The number of nitrogen functional groups attached to an aromatic ring is 2. The number of methoxy groups -OCH3 is 1. The van der Waals surface area contributed by atoms with Crippen molar-refractivity contribution in [3.63, 3.8) is 0 Å². The minimum absolute atomic E-state index is 0.493. The Balaban J connectivity index is 1.71. The van der Waals surface area contributed by atoms with Gasteiger partial charge in [0.2, 0.25) is 0 Å². The lowest BCUT2D eigenvalue weighted by atomic mass is 10.2. The number of nitrogens with one attached hydrogen (secondary N) is 1. The van der Waals surface area contributed by atoms with Crippen molar-refractivity contribution in [2.45, 2.75) is 6.54 Å². The van der Waals surface area contributed by atoms with Crippen LogP contribution in [0.15, 0.2) is 42.5 Å². The van der Waals surface area contributed by atoms with Crippen LogP contribution in [0.25, 0.3) is 0 Å². The number of rotatable bonds is 7. The molecule has 0 atom stereocenters. The minimum Gasteiger partial charge on any atom is -0.497 e. The topological polar surface area (TPSA) is 82.5 Å². The van der Waals surface area contributed by atoms with Crippen molar-refractivity contribution in [1.82, 2.24) is 5.32 Å². The maximum absolute atomic E-state index is 5.83. The molecule has 0 aliphatic rings. The number of benzene rings is 2. The molecule has 0 aliphatic carbocycles. The molecule has 0 spiro atoms. The average molecular weight is 287 g/mol. The summed E-state index contributed by atoms with van der Waals surface area (Å²) in [5.74, 6) is 1.49. The van der Waals surface area contributed by atoms with Gasteiger partial charge in [-0.3, -0.25) is 0 Å². The van der Waals surface area contributed by atoms with Crippen molar-refractivity contribution in [2.75, 3.05) is 31.7 Å². The maximum atomic E-state index is 5.83. The standard InChI is InChI=1S/C16H21N3O2/c1-20-13-7-5-12(6-8-13)11-19-9-10-21-15-4-2-3-14(17)16(15)18/h2-8,19H,9-11,17-18H2,1H3. The highest BCUT2D eigenvalue weighted by atomic mass is 16.5. The lowest BCUT2D eigenvalue weighted by Crippen LogP contribution is -2.20. The monoisotopic (exact) mass is 287 g/mol. The summed E-state index contributed by atoms with van der Waals surface area (Å²) in [4.78, 5) is 0. The van der Waals surface area contributed by atoms with E-state index in [0.29, 0.717) is 23.7 Å². The molecule has 0 bridgehead atoms. The maximum Gasteiger partial charge on any atom is 0.144 e. The third-order valence-electron chi connectivity index (χ3n) is 3.12. The van der Waals surface area contributed by atoms with Crippen LogP contribution < -0.4 is 26.3 Å². The summed E-state index contributed by atoms with van der Waals surface area (Å²) in [6, 6.07) is 13.3. The van der Waals surface area contributed by atoms with E-state index in [0.717, 1.165) is 18.8 Å². The Hall–Kier alpha value is -2.40. The van der Waals surface area contributed by atoms with Crippen LogP contribution in [0.5, 0.6) is 11.5 Å². The van der Waals surface area contributed by atoms with Crippen LogP contribution in [0, 0.1) is 0 Å². The SMILES string of the molecule is COc1ccc(CNCCOc2cccc(N)c2N)cc1. The van der Waals surface area contributed by atoms with E-state index < -0.39 is 0 Å². The smallest absolute Gasteiger partial charge is 0.144 e. The number of anilines is 2. The van der Waals surface area contributed by atoms with Crippen molar-refractivity contribution in [2.24, 2.45) is 0 Å². The summed E-state index contributed by atoms with van der Waals surface area (Å²) in [6.07, 6.45) is 0. The zero-order valence-electron chi connectivity index (χ0n) is 12.1. The fourth-order valence-corrected chi connectivity index (χ4v) is 1.90. The quantitative estimate of drug-likeness (QED) is 0.536. The molecule has 0 radical (unpaired) electrons. The third kappa shape index (κ3) is 4.29. The molecule has 2 rings (SSSR count). The van der Waals surface area contributed by atoms with E-state index in [4.69, 9.17) is 20.9 Å². The van der Waals surface area contributed by atoms with Gasteiger partial charge in [-0.25, -0.2) is 0 Å². The molecular formula is C16H21N3O2. The summed E-state index contributed by atoms with van der Waals surface area (Å²) < 4.78 is 10.7. The molecule has 0 aromatic heterocycles. The number of hydrogen-bond donors (Lipinski definition) is 3. The molecule has 0 saturated heterocycles. The molecule has 5 N–H and O–H groups in total. The van der Waals surface area contributed by atoms with Crippen molar-refractivity contribution in [3.8, 4) is 11.5 Å². The summed E-state index contributed by atoms with van der Waals surface area (Å²) in [7, 11) is 1.66. The first kappa shape index (κ1) is 15.0. The highest BCUT2D eigenvalue weighted by Crippen LogP contribution is 2.26. The molecule has 2 aromatic carbocycles. The highest BCUT2D eigenvalue weighted by molar-refractivity contribution is 5.70. The van der Waals surface area contributed by atoms with Crippen molar-refractivity contribution in [1.29, 1.82) is 0 Å². The van der Waals surface area contributed by atoms with Crippen LogP contribution in [-0.2, 0) is 6.54 Å². The van der Waals surface area contributed by atoms with Crippen molar-refractivity contribution in [3.05, 3.63) is 48.0 Å². The molecule has 5 heteroatoms. The number of ether oxygens (including phenoxy) is 2.